The van der Waals surface area contributed by atoms with Crippen LogP contribution in [0.5, 0.6) is 0 Å². The first-order chi connectivity index (χ1) is 10.6. The highest BCUT2D eigenvalue weighted by atomic mass is 16.4. The molecule has 0 saturated heterocycles. The summed E-state index contributed by atoms with van der Waals surface area (Å²) in [5, 5.41) is 8.94. The molecule has 126 valence electrons. The average molecular weight is 314 g/mol. The molecule has 2 heteroatoms. The largest absolute Gasteiger partial charge is 0.478 e. The molecule has 23 heavy (non-hydrogen) atoms. The maximum Gasteiger partial charge on any atom is 0.331 e. The zero-order valence-electron chi connectivity index (χ0n) is 15.4. The Kier molecular flexibility index (Phi) is 6.80. The smallest absolute Gasteiger partial charge is 0.331 e. The number of carboxylic acid groups (broad SMARTS) is 1. The fourth-order valence-corrected chi connectivity index (χ4v) is 2.92. The van der Waals surface area contributed by atoms with E-state index in [0.717, 1.165) is 11.1 Å². The number of hydrogen-bond donors (Lipinski definition) is 1. The SMILES string of the molecule is CC1=C(/C=C/C(C)=C/C=C/C(C)=C(\C)C(=O)O)C(C)(C)CCC1. The molecule has 1 aliphatic rings. The number of aliphatic carboxylic acids is 1. The van der Waals surface area contributed by atoms with E-state index in [4.69, 9.17) is 5.11 Å². The van der Waals surface area contributed by atoms with Crippen LogP contribution in [-0.4, -0.2) is 11.1 Å². The van der Waals surface area contributed by atoms with E-state index in [1.165, 1.54) is 30.4 Å². The average Bonchev–Trinajstić information content (AvgIpc) is 2.44. The van der Waals surface area contributed by atoms with E-state index in [0.29, 0.717) is 5.57 Å². The summed E-state index contributed by atoms with van der Waals surface area (Å²) < 4.78 is 0. The van der Waals surface area contributed by atoms with Crippen LogP contribution in [0.2, 0.25) is 0 Å². The molecule has 0 fully saturated rings. The van der Waals surface area contributed by atoms with Gasteiger partial charge in [0.05, 0.1) is 0 Å². The highest BCUT2D eigenvalue weighted by molar-refractivity contribution is 5.87. The van der Waals surface area contributed by atoms with Crippen molar-refractivity contribution < 1.29 is 9.90 Å². The molecule has 0 aromatic rings. The van der Waals surface area contributed by atoms with E-state index >= 15 is 0 Å². The molecule has 0 saturated carbocycles. The fraction of sp³-hybridized carbons (Fsp3) is 0.476. The monoisotopic (exact) mass is 314 g/mol. The quantitative estimate of drug-likeness (QED) is 0.499. The Balaban J connectivity index is 2.85. The second kappa shape index (κ2) is 8.14. The van der Waals surface area contributed by atoms with Crippen molar-refractivity contribution in [3.8, 4) is 0 Å². The van der Waals surface area contributed by atoms with Gasteiger partial charge in [-0.15, -0.1) is 0 Å². The van der Waals surface area contributed by atoms with Gasteiger partial charge in [0.2, 0.25) is 0 Å². The number of rotatable bonds is 5. The standard InChI is InChI=1S/C21H30O2/c1-15(9-7-10-16(2)18(4)20(22)23)12-13-19-17(3)11-8-14-21(19,5)6/h7,9-10,12-13H,8,11,14H2,1-6H3,(H,22,23)/b10-7+,13-12+,15-9+,18-16+. The number of hydrogen-bond acceptors (Lipinski definition) is 1. The van der Waals surface area contributed by atoms with E-state index in [1.54, 1.807) is 6.92 Å². The maximum atomic E-state index is 10.9. The molecule has 0 radical (unpaired) electrons. The normalized spacial score (nSPS) is 20.3. The highest BCUT2D eigenvalue weighted by Crippen LogP contribution is 2.40. The van der Waals surface area contributed by atoms with Crippen LogP contribution in [0.4, 0.5) is 0 Å². The van der Waals surface area contributed by atoms with Crippen LogP contribution in [-0.2, 0) is 4.79 Å². The van der Waals surface area contributed by atoms with Gasteiger partial charge in [0.1, 0.15) is 0 Å². The molecular weight excluding hydrogens is 284 g/mol. The minimum absolute atomic E-state index is 0.257. The third kappa shape index (κ3) is 5.70. The fourth-order valence-electron chi connectivity index (χ4n) is 2.92. The van der Waals surface area contributed by atoms with Gasteiger partial charge >= 0.3 is 5.97 Å². The topological polar surface area (TPSA) is 37.3 Å². The van der Waals surface area contributed by atoms with Gasteiger partial charge in [-0.1, -0.05) is 55.4 Å². The third-order valence-corrected chi connectivity index (χ3v) is 4.67. The predicted molar refractivity (Wildman–Crippen MR) is 98.4 cm³/mol. The number of carbonyl (C=O) groups is 1. The van der Waals surface area contributed by atoms with Gasteiger partial charge in [-0.2, -0.15) is 0 Å². The lowest BCUT2D eigenvalue weighted by atomic mass is 9.72. The minimum Gasteiger partial charge on any atom is -0.478 e. The Labute approximate surface area is 141 Å². The van der Waals surface area contributed by atoms with Crippen LogP contribution in [0, 0.1) is 5.41 Å². The van der Waals surface area contributed by atoms with Crippen LogP contribution >= 0.6 is 0 Å². The molecule has 1 aliphatic carbocycles. The molecule has 0 heterocycles. The van der Waals surface area contributed by atoms with Crippen molar-refractivity contribution in [3.05, 3.63) is 58.2 Å². The minimum atomic E-state index is -0.866. The Morgan fingerprint density at radius 3 is 2.39 bits per heavy atom. The summed E-state index contributed by atoms with van der Waals surface area (Å²) in [6.07, 6.45) is 13.9. The molecule has 0 bridgehead atoms. The van der Waals surface area contributed by atoms with Gasteiger partial charge in [-0.3, -0.25) is 0 Å². The van der Waals surface area contributed by atoms with Gasteiger partial charge < -0.3 is 5.11 Å². The van der Waals surface area contributed by atoms with Gasteiger partial charge in [0.15, 0.2) is 0 Å². The van der Waals surface area contributed by atoms with E-state index in [2.05, 4.69) is 39.8 Å². The molecular formula is C21H30O2. The van der Waals surface area contributed by atoms with Gasteiger partial charge in [0.25, 0.3) is 0 Å². The van der Waals surface area contributed by atoms with Crippen molar-refractivity contribution in [3.63, 3.8) is 0 Å². The summed E-state index contributed by atoms with van der Waals surface area (Å²) in [5.74, 6) is -0.866. The number of carboxylic acids is 1. The second-order valence-corrected chi connectivity index (χ2v) is 7.15. The molecule has 2 nitrogen and oxygen atoms in total. The third-order valence-electron chi connectivity index (χ3n) is 4.67. The maximum absolute atomic E-state index is 10.9. The Hall–Kier alpha value is -1.83. The van der Waals surface area contributed by atoms with Crippen molar-refractivity contribution in [2.24, 2.45) is 5.41 Å². The lowest BCUT2D eigenvalue weighted by molar-refractivity contribution is -0.132. The van der Waals surface area contributed by atoms with Crippen LogP contribution < -0.4 is 0 Å². The lowest BCUT2D eigenvalue weighted by Gasteiger charge is -2.32. The first-order valence-electron chi connectivity index (χ1n) is 8.29. The molecule has 1 rings (SSSR count). The Morgan fingerprint density at radius 1 is 1.17 bits per heavy atom. The molecule has 0 spiro atoms. The summed E-state index contributed by atoms with van der Waals surface area (Å²) in [5.41, 5.74) is 5.52. The van der Waals surface area contributed by atoms with Crippen molar-refractivity contribution in [2.45, 2.75) is 60.8 Å². The molecule has 0 unspecified atom stereocenters. The molecule has 0 aromatic heterocycles. The van der Waals surface area contributed by atoms with E-state index in [1.807, 2.05) is 25.2 Å². The Morgan fingerprint density at radius 2 is 1.83 bits per heavy atom. The van der Waals surface area contributed by atoms with Crippen molar-refractivity contribution in [2.75, 3.05) is 0 Å². The van der Waals surface area contributed by atoms with Gasteiger partial charge in [-0.05, 0) is 63.5 Å². The van der Waals surface area contributed by atoms with Crippen LogP contribution in [0.3, 0.4) is 0 Å². The summed E-state index contributed by atoms with van der Waals surface area (Å²) >= 11 is 0. The zero-order valence-corrected chi connectivity index (χ0v) is 15.4. The summed E-state index contributed by atoms with van der Waals surface area (Å²) in [6.45, 7) is 12.4. The summed E-state index contributed by atoms with van der Waals surface area (Å²) in [6, 6.07) is 0. The summed E-state index contributed by atoms with van der Waals surface area (Å²) in [7, 11) is 0. The van der Waals surface area contributed by atoms with Crippen LogP contribution in [0.1, 0.15) is 60.8 Å². The second-order valence-electron chi connectivity index (χ2n) is 7.15. The molecule has 1 N–H and O–H groups in total. The summed E-state index contributed by atoms with van der Waals surface area (Å²) in [4.78, 5) is 10.9. The predicted octanol–water partition coefficient (Wildman–Crippen LogP) is 5.99. The molecule has 0 amide bonds. The first kappa shape index (κ1) is 19.2. The van der Waals surface area contributed by atoms with Crippen LogP contribution in [0.25, 0.3) is 0 Å². The van der Waals surface area contributed by atoms with Gasteiger partial charge in [0, 0.05) is 5.57 Å². The molecule has 0 atom stereocenters. The van der Waals surface area contributed by atoms with Crippen molar-refractivity contribution in [1.82, 2.24) is 0 Å². The number of allylic oxidation sites excluding steroid dienone is 9. The van der Waals surface area contributed by atoms with Crippen LogP contribution in [0.15, 0.2) is 58.2 Å². The van der Waals surface area contributed by atoms with Gasteiger partial charge in [-0.25, -0.2) is 4.79 Å². The highest BCUT2D eigenvalue weighted by Gasteiger charge is 2.26. The Bertz CT molecular complexity index is 608. The van der Waals surface area contributed by atoms with Crippen molar-refractivity contribution in [1.29, 1.82) is 0 Å². The first-order valence-corrected chi connectivity index (χ1v) is 8.29. The van der Waals surface area contributed by atoms with E-state index in [9.17, 15) is 4.79 Å². The zero-order chi connectivity index (χ0) is 17.6. The van der Waals surface area contributed by atoms with Crippen molar-refractivity contribution >= 4 is 5.97 Å². The molecule has 0 aliphatic heterocycles. The molecule has 0 aromatic carbocycles. The van der Waals surface area contributed by atoms with E-state index < -0.39 is 5.97 Å². The lowest BCUT2D eigenvalue weighted by Crippen LogP contribution is -2.19. The van der Waals surface area contributed by atoms with E-state index in [-0.39, 0.29) is 5.41 Å².